The minimum atomic E-state index is -0.457. The van der Waals surface area contributed by atoms with Crippen LogP contribution in [-0.2, 0) is 6.61 Å². The highest BCUT2D eigenvalue weighted by atomic mass is 79.9. The van der Waals surface area contributed by atoms with Gasteiger partial charge in [0.1, 0.15) is 6.61 Å². The van der Waals surface area contributed by atoms with Crippen LogP contribution in [0.5, 0.6) is 11.5 Å². The highest BCUT2D eigenvalue weighted by Crippen LogP contribution is 2.35. The van der Waals surface area contributed by atoms with Crippen LogP contribution in [0.3, 0.4) is 0 Å². The molecule has 1 heterocycles. The molecule has 0 saturated heterocycles. The number of halogens is 1. The Hall–Kier alpha value is -4.83. The van der Waals surface area contributed by atoms with Crippen molar-refractivity contribution in [3.05, 3.63) is 127 Å². The molecule has 0 aliphatic heterocycles. The summed E-state index contributed by atoms with van der Waals surface area (Å²) in [6.07, 6.45) is 1.50. The third-order valence-corrected chi connectivity index (χ3v) is 6.33. The van der Waals surface area contributed by atoms with E-state index < -0.39 is 4.92 Å². The van der Waals surface area contributed by atoms with E-state index in [-0.39, 0.29) is 17.9 Å². The Morgan fingerprint density at radius 2 is 1.79 bits per heavy atom. The minimum absolute atomic E-state index is 0.0303. The second-order valence-corrected chi connectivity index (χ2v) is 9.34. The molecule has 194 valence electrons. The van der Waals surface area contributed by atoms with E-state index in [0.717, 1.165) is 5.56 Å². The molecule has 0 amide bonds. The highest BCUT2D eigenvalue weighted by molar-refractivity contribution is 9.10. The van der Waals surface area contributed by atoms with Gasteiger partial charge >= 0.3 is 0 Å². The number of hydrogen-bond donors (Lipinski definition) is 0. The van der Waals surface area contributed by atoms with E-state index in [1.807, 2.05) is 36.4 Å². The van der Waals surface area contributed by atoms with Crippen LogP contribution in [-0.4, -0.2) is 27.9 Å². The molecule has 5 rings (SSSR count). The summed E-state index contributed by atoms with van der Waals surface area (Å²) in [5, 5.41) is 16.1. The smallest absolute Gasteiger partial charge is 0.282 e. The summed E-state index contributed by atoms with van der Waals surface area (Å²) in [7, 11) is 1.51. The fourth-order valence-corrected chi connectivity index (χ4v) is 4.49. The molecule has 0 radical (unpaired) electrons. The van der Waals surface area contributed by atoms with Gasteiger partial charge in [0.2, 0.25) is 0 Å². The van der Waals surface area contributed by atoms with E-state index in [1.165, 1.54) is 30.1 Å². The molecule has 0 saturated carbocycles. The average molecular weight is 585 g/mol. The van der Waals surface area contributed by atoms with Gasteiger partial charge in [-0.2, -0.15) is 9.78 Å². The minimum Gasteiger partial charge on any atom is -0.493 e. The Labute approximate surface area is 231 Å². The van der Waals surface area contributed by atoms with Gasteiger partial charge in [-0.1, -0.05) is 70.5 Å². The van der Waals surface area contributed by atoms with Crippen molar-refractivity contribution < 1.29 is 14.4 Å². The van der Waals surface area contributed by atoms with Crippen LogP contribution in [0.15, 0.2) is 105 Å². The summed E-state index contributed by atoms with van der Waals surface area (Å²) < 4.78 is 13.6. The van der Waals surface area contributed by atoms with Crippen LogP contribution in [0.2, 0.25) is 0 Å². The molecule has 1 aromatic heterocycles. The summed E-state index contributed by atoms with van der Waals surface area (Å²) in [4.78, 5) is 28.9. The van der Waals surface area contributed by atoms with Crippen molar-refractivity contribution >= 4 is 38.7 Å². The Morgan fingerprint density at radius 3 is 2.56 bits per heavy atom. The van der Waals surface area contributed by atoms with E-state index in [0.29, 0.717) is 43.8 Å². The van der Waals surface area contributed by atoms with Crippen LogP contribution in [0.25, 0.3) is 22.3 Å². The van der Waals surface area contributed by atoms with E-state index in [2.05, 4.69) is 21.0 Å². The molecule has 0 unspecified atom stereocenters. The fourth-order valence-electron chi connectivity index (χ4n) is 4.03. The SMILES string of the molecule is COc1cc(Br)cc(C=Nn2c(-c3ccccc3)nc3ccccc3c2=O)c1OCc1cccc([N+](=O)[O-])c1. The van der Waals surface area contributed by atoms with Gasteiger partial charge in [0.25, 0.3) is 11.2 Å². The Balaban J connectivity index is 1.59. The lowest BCUT2D eigenvalue weighted by molar-refractivity contribution is -0.384. The highest BCUT2D eigenvalue weighted by Gasteiger charge is 2.15. The first-order valence-corrected chi connectivity index (χ1v) is 12.6. The largest absolute Gasteiger partial charge is 0.493 e. The Kier molecular flexibility index (Phi) is 7.46. The van der Waals surface area contributed by atoms with Crippen LogP contribution in [0.1, 0.15) is 11.1 Å². The third-order valence-electron chi connectivity index (χ3n) is 5.87. The number of hydrogen-bond acceptors (Lipinski definition) is 7. The second kappa shape index (κ2) is 11.3. The van der Waals surface area contributed by atoms with Crippen molar-refractivity contribution in [1.29, 1.82) is 0 Å². The van der Waals surface area contributed by atoms with E-state index >= 15 is 0 Å². The van der Waals surface area contributed by atoms with Crippen LogP contribution < -0.4 is 15.0 Å². The third kappa shape index (κ3) is 5.55. The zero-order valence-corrected chi connectivity index (χ0v) is 22.2. The van der Waals surface area contributed by atoms with Gasteiger partial charge in [-0.05, 0) is 29.8 Å². The number of nitro groups is 1. The van der Waals surface area contributed by atoms with Gasteiger partial charge in [0.15, 0.2) is 17.3 Å². The van der Waals surface area contributed by atoms with E-state index in [9.17, 15) is 14.9 Å². The normalized spacial score (nSPS) is 11.1. The van der Waals surface area contributed by atoms with Gasteiger partial charge in [0, 0.05) is 27.7 Å². The van der Waals surface area contributed by atoms with E-state index in [1.54, 1.807) is 42.5 Å². The van der Waals surface area contributed by atoms with Gasteiger partial charge in [0.05, 0.1) is 29.2 Å². The van der Waals surface area contributed by atoms with Crippen molar-refractivity contribution in [3.8, 4) is 22.9 Å². The molecular weight excluding hydrogens is 564 g/mol. The Bertz CT molecular complexity index is 1770. The lowest BCUT2D eigenvalue weighted by Gasteiger charge is -2.14. The number of fused-ring (bicyclic) bond motifs is 1. The lowest BCUT2D eigenvalue weighted by Crippen LogP contribution is -2.20. The molecule has 0 aliphatic rings. The number of non-ortho nitro benzene ring substituents is 1. The summed E-state index contributed by atoms with van der Waals surface area (Å²) in [6, 6.07) is 26.1. The molecule has 39 heavy (non-hydrogen) atoms. The van der Waals surface area contributed by atoms with Crippen molar-refractivity contribution in [2.24, 2.45) is 5.10 Å². The number of para-hydroxylation sites is 1. The summed E-state index contributed by atoms with van der Waals surface area (Å²) in [6.45, 7) is 0.0489. The van der Waals surface area contributed by atoms with Crippen molar-refractivity contribution in [3.63, 3.8) is 0 Å². The van der Waals surface area contributed by atoms with Gasteiger partial charge in [-0.15, -0.1) is 0 Å². The predicted molar refractivity (Wildman–Crippen MR) is 153 cm³/mol. The average Bonchev–Trinajstić information content (AvgIpc) is 2.96. The fraction of sp³-hybridized carbons (Fsp3) is 0.0690. The molecule has 0 fully saturated rings. The maximum Gasteiger partial charge on any atom is 0.282 e. The molecule has 0 spiro atoms. The number of benzene rings is 4. The number of methoxy groups -OCH3 is 1. The summed E-state index contributed by atoms with van der Waals surface area (Å²) in [5.41, 5.74) is 2.07. The summed E-state index contributed by atoms with van der Waals surface area (Å²) >= 11 is 3.48. The maximum atomic E-state index is 13.5. The van der Waals surface area contributed by atoms with Crippen molar-refractivity contribution in [2.75, 3.05) is 7.11 Å². The van der Waals surface area contributed by atoms with E-state index in [4.69, 9.17) is 14.5 Å². The molecule has 0 N–H and O–H groups in total. The van der Waals surface area contributed by atoms with Gasteiger partial charge < -0.3 is 9.47 Å². The first-order valence-electron chi connectivity index (χ1n) is 11.8. The number of nitrogens with zero attached hydrogens (tertiary/aromatic N) is 4. The van der Waals surface area contributed by atoms with Gasteiger partial charge in [-0.25, -0.2) is 4.98 Å². The lowest BCUT2D eigenvalue weighted by atomic mass is 10.2. The monoisotopic (exact) mass is 584 g/mol. The number of aromatic nitrogens is 2. The van der Waals surface area contributed by atoms with Gasteiger partial charge in [-0.3, -0.25) is 14.9 Å². The maximum absolute atomic E-state index is 13.5. The first-order chi connectivity index (χ1) is 18.9. The number of ether oxygens (including phenoxy) is 2. The van der Waals surface area contributed by atoms with Crippen LogP contribution in [0, 0.1) is 10.1 Å². The molecule has 0 aliphatic carbocycles. The molecule has 4 aromatic carbocycles. The quantitative estimate of drug-likeness (QED) is 0.122. The standard InChI is InChI=1S/C29H21BrN4O5/c1-38-26-16-22(30)15-21(27(26)39-18-19-8-7-11-23(14-19)34(36)37)17-31-33-28(20-9-3-2-4-10-20)32-25-13-6-5-12-24(25)29(33)35/h2-17H,18H2,1H3. The molecule has 0 bridgehead atoms. The van der Waals surface area contributed by atoms with Crippen LogP contribution in [0.4, 0.5) is 5.69 Å². The zero-order valence-electron chi connectivity index (χ0n) is 20.7. The van der Waals surface area contributed by atoms with Crippen molar-refractivity contribution in [1.82, 2.24) is 9.66 Å². The molecular formula is C29H21BrN4O5. The van der Waals surface area contributed by atoms with Crippen molar-refractivity contribution in [2.45, 2.75) is 6.61 Å². The molecule has 0 atom stereocenters. The summed E-state index contributed by atoms with van der Waals surface area (Å²) in [5.74, 6) is 1.17. The number of nitro benzene ring substituents is 1. The molecule has 10 heteroatoms. The topological polar surface area (TPSA) is 109 Å². The molecule has 9 nitrogen and oxygen atoms in total. The molecule has 5 aromatic rings. The second-order valence-electron chi connectivity index (χ2n) is 8.42. The first kappa shape index (κ1) is 25.8. The predicted octanol–water partition coefficient (Wildman–Crippen LogP) is 6.20. The zero-order chi connectivity index (χ0) is 27.4. The Morgan fingerprint density at radius 1 is 1.03 bits per heavy atom. The number of rotatable bonds is 8. The van der Waals surface area contributed by atoms with Crippen LogP contribution >= 0.6 is 15.9 Å².